The lowest BCUT2D eigenvalue weighted by atomic mass is 10.2. The van der Waals surface area contributed by atoms with E-state index in [1.165, 1.54) is 11.8 Å². The number of amides is 2. The van der Waals surface area contributed by atoms with Gasteiger partial charge in [0.15, 0.2) is 0 Å². The molecule has 1 rings (SSSR count). The van der Waals surface area contributed by atoms with Crippen molar-refractivity contribution >= 4 is 29.4 Å². The predicted octanol–water partition coefficient (Wildman–Crippen LogP) is 1.35. The average Bonchev–Trinajstić information content (AvgIpc) is 2.66. The second-order valence-corrected chi connectivity index (χ2v) is 5.07. The van der Waals surface area contributed by atoms with E-state index in [2.05, 4.69) is 20.8 Å². The molecule has 0 radical (unpaired) electrons. The van der Waals surface area contributed by atoms with E-state index in [4.69, 9.17) is 5.11 Å². The summed E-state index contributed by atoms with van der Waals surface area (Å²) in [5.74, 6) is -0.370. The van der Waals surface area contributed by atoms with Crippen molar-refractivity contribution in [3.63, 3.8) is 0 Å². The monoisotopic (exact) mass is 286 g/mol. The predicted molar refractivity (Wildman–Crippen MR) is 74.6 cm³/mol. The highest BCUT2D eigenvalue weighted by Gasteiger charge is 2.20. The van der Waals surface area contributed by atoms with Gasteiger partial charge in [0.05, 0.1) is 17.1 Å². The fourth-order valence-electron chi connectivity index (χ4n) is 1.54. The molecule has 0 aliphatic carbocycles. The van der Waals surface area contributed by atoms with Gasteiger partial charge in [-0.25, -0.2) is 9.59 Å². The van der Waals surface area contributed by atoms with Gasteiger partial charge in [-0.2, -0.15) is 16.9 Å². The number of aryl methyl sites for hydroxylation is 2. The highest BCUT2D eigenvalue weighted by atomic mass is 32.2. The van der Waals surface area contributed by atoms with E-state index in [9.17, 15) is 9.59 Å². The largest absolute Gasteiger partial charge is 0.480 e. The molecule has 106 valence electrons. The zero-order valence-corrected chi connectivity index (χ0v) is 11.9. The van der Waals surface area contributed by atoms with Crippen LogP contribution in [0.4, 0.5) is 10.5 Å². The summed E-state index contributed by atoms with van der Waals surface area (Å²) in [6.07, 6.45) is 2.27. The molecule has 0 bridgehead atoms. The average molecular weight is 286 g/mol. The van der Waals surface area contributed by atoms with Gasteiger partial charge >= 0.3 is 12.0 Å². The van der Waals surface area contributed by atoms with Crippen LogP contribution in [0.1, 0.15) is 17.8 Å². The molecule has 1 aromatic rings. The normalized spacial score (nSPS) is 11.9. The molecule has 2 amide bonds. The number of rotatable bonds is 6. The van der Waals surface area contributed by atoms with Gasteiger partial charge in [0.1, 0.15) is 6.04 Å². The van der Waals surface area contributed by atoms with Crippen LogP contribution in [0.5, 0.6) is 0 Å². The first kappa shape index (κ1) is 15.4. The van der Waals surface area contributed by atoms with Crippen molar-refractivity contribution in [3.8, 4) is 0 Å². The summed E-state index contributed by atoms with van der Waals surface area (Å²) in [6.45, 7) is 3.53. The molecule has 0 aliphatic rings. The number of carboxylic acids is 1. The second-order valence-electron chi connectivity index (χ2n) is 4.08. The molecular formula is C11H18N4O3S. The summed E-state index contributed by atoms with van der Waals surface area (Å²) < 4.78 is 0. The topological polar surface area (TPSA) is 107 Å². The molecule has 0 saturated heterocycles. The number of carbonyl (C=O) groups is 2. The molecule has 1 atom stereocenters. The Kier molecular flexibility index (Phi) is 5.68. The van der Waals surface area contributed by atoms with Crippen LogP contribution in [0.3, 0.4) is 0 Å². The molecule has 7 nitrogen and oxygen atoms in total. The molecule has 4 N–H and O–H groups in total. The standard InChI is InChI=1S/C11H18N4O3S/c1-6-9(7(2)15-14-6)13-11(18)12-8(10(16)17)4-5-19-3/h8H,4-5H2,1-3H3,(H,14,15)(H,16,17)(H2,12,13,18)/t8-/m1/s1. The van der Waals surface area contributed by atoms with Gasteiger partial charge in [-0.15, -0.1) is 0 Å². The third kappa shape index (κ3) is 4.47. The van der Waals surface area contributed by atoms with Crippen molar-refractivity contribution in [1.82, 2.24) is 15.5 Å². The van der Waals surface area contributed by atoms with E-state index in [0.717, 1.165) is 5.69 Å². The van der Waals surface area contributed by atoms with Crippen LogP contribution in [-0.2, 0) is 4.79 Å². The van der Waals surface area contributed by atoms with Crippen LogP contribution in [0, 0.1) is 13.8 Å². The number of hydrogen-bond donors (Lipinski definition) is 4. The first-order chi connectivity index (χ1) is 8.95. The van der Waals surface area contributed by atoms with Crippen molar-refractivity contribution in [2.75, 3.05) is 17.3 Å². The fraction of sp³-hybridized carbons (Fsp3) is 0.545. The number of thioether (sulfide) groups is 1. The van der Waals surface area contributed by atoms with E-state index >= 15 is 0 Å². The summed E-state index contributed by atoms with van der Waals surface area (Å²) in [4.78, 5) is 22.8. The van der Waals surface area contributed by atoms with Gasteiger partial charge in [-0.1, -0.05) is 0 Å². The number of nitrogens with one attached hydrogen (secondary N) is 3. The van der Waals surface area contributed by atoms with Crippen LogP contribution in [0.25, 0.3) is 0 Å². The Morgan fingerprint density at radius 3 is 2.63 bits per heavy atom. The van der Waals surface area contributed by atoms with Crippen LogP contribution >= 0.6 is 11.8 Å². The number of H-pyrrole nitrogens is 1. The first-order valence-corrected chi connectivity index (χ1v) is 7.16. The molecule has 1 aromatic heterocycles. The molecule has 0 aliphatic heterocycles. The summed E-state index contributed by atoms with van der Waals surface area (Å²) in [5, 5.41) is 20.7. The summed E-state index contributed by atoms with van der Waals surface area (Å²) >= 11 is 1.53. The Balaban J connectivity index is 2.60. The van der Waals surface area contributed by atoms with Crippen LogP contribution in [0.15, 0.2) is 0 Å². The van der Waals surface area contributed by atoms with Crippen molar-refractivity contribution in [2.24, 2.45) is 0 Å². The number of carbonyl (C=O) groups excluding carboxylic acids is 1. The van der Waals surface area contributed by atoms with E-state index in [1.54, 1.807) is 13.8 Å². The lowest BCUT2D eigenvalue weighted by Gasteiger charge is -2.14. The van der Waals surface area contributed by atoms with Crippen LogP contribution < -0.4 is 10.6 Å². The molecule has 0 unspecified atom stereocenters. The Hall–Kier alpha value is -1.70. The Labute approximate surface area is 115 Å². The summed E-state index contributed by atoms with van der Waals surface area (Å²) in [7, 11) is 0. The van der Waals surface area contributed by atoms with Crippen molar-refractivity contribution in [1.29, 1.82) is 0 Å². The zero-order chi connectivity index (χ0) is 14.4. The van der Waals surface area contributed by atoms with Crippen molar-refractivity contribution in [3.05, 3.63) is 11.4 Å². The third-order valence-corrected chi connectivity index (χ3v) is 3.22. The van der Waals surface area contributed by atoms with Gasteiger partial charge in [-0.05, 0) is 32.3 Å². The number of anilines is 1. The molecule has 1 heterocycles. The minimum atomic E-state index is -1.04. The number of aliphatic carboxylic acids is 1. The number of nitrogens with zero attached hydrogens (tertiary/aromatic N) is 1. The smallest absolute Gasteiger partial charge is 0.326 e. The van der Waals surface area contributed by atoms with E-state index < -0.39 is 18.0 Å². The second kappa shape index (κ2) is 7.03. The first-order valence-electron chi connectivity index (χ1n) is 5.76. The van der Waals surface area contributed by atoms with E-state index in [-0.39, 0.29) is 0 Å². The van der Waals surface area contributed by atoms with Gasteiger partial charge < -0.3 is 15.7 Å². The maximum absolute atomic E-state index is 11.8. The highest BCUT2D eigenvalue weighted by molar-refractivity contribution is 7.98. The van der Waals surface area contributed by atoms with Crippen LogP contribution in [0.2, 0.25) is 0 Å². The zero-order valence-electron chi connectivity index (χ0n) is 11.1. The molecule has 0 aromatic carbocycles. The number of aromatic amines is 1. The summed E-state index contributed by atoms with van der Waals surface area (Å²) in [6, 6.07) is -1.43. The van der Waals surface area contributed by atoms with Gasteiger partial charge in [0.2, 0.25) is 0 Å². The van der Waals surface area contributed by atoms with Crippen LogP contribution in [-0.4, -0.2) is 45.4 Å². The maximum Gasteiger partial charge on any atom is 0.326 e. The quantitative estimate of drug-likeness (QED) is 0.631. The molecule has 0 spiro atoms. The molecule has 8 heteroatoms. The van der Waals surface area contributed by atoms with E-state index in [0.29, 0.717) is 23.6 Å². The minimum Gasteiger partial charge on any atom is -0.480 e. The van der Waals surface area contributed by atoms with Gasteiger partial charge in [0.25, 0.3) is 0 Å². The number of urea groups is 1. The lowest BCUT2D eigenvalue weighted by Crippen LogP contribution is -2.43. The summed E-state index contributed by atoms with van der Waals surface area (Å²) in [5.41, 5.74) is 1.96. The fourth-order valence-corrected chi connectivity index (χ4v) is 2.01. The van der Waals surface area contributed by atoms with Crippen molar-refractivity contribution in [2.45, 2.75) is 26.3 Å². The Morgan fingerprint density at radius 1 is 1.47 bits per heavy atom. The number of hydrogen-bond acceptors (Lipinski definition) is 4. The molecule has 19 heavy (non-hydrogen) atoms. The lowest BCUT2D eigenvalue weighted by molar-refractivity contribution is -0.139. The number of carboxylic acid groups (broad SMARTS) is 1. The Morgan fingerprint density at radius 2 is 2.16 bits per heavy atom. The van der Waals surface area contributed by atoms with Crippen molar-refractivity contribution < 1.29 is 14.7 Å². The van der Waals surface area contributed by atoms with Gasteiger partial charge in [-0.3, -0.25) is 5.10 Å². The maximum atomic E-state index is 11.8. The third-order valence-electron chi connectivity index (χ3n) is 2.58. The minimum absolute atomic E-state index is 0.382. The van der Waals surface area contributed by atoms with Gasteiger partial charge in [0, 0.05) is 0 Å². The van der Waals surface area contributed by atoms with E-state index in [1.807, 2.05) is 6.26 Å². The molecule has 0 fully saturated rings. The highest BCUT2D eigenvalue weighted by Crippen LogP contribution is 2.15. The molecular weight excluding hydrogens is 268 g/mol. The molecule has 0 saturated carbocycles. The number of aromatic nitrogens is 2. The SMILES string of the molecule is CSCC[C@@H](NC(=O)Nc1c(C)n[nH]c1C)C(=O)O. The Bertz CT molecular complexity index is 441.